The van der Waals surface area contributed by atoms with Crippen molar-refractivity contribution in [1.29, 1.82) is 0 Å². The Morgan fingerprint density at radius 2 is 1.86 bits per heavy atom. The zero-order valence-corrected chi connectivity index (χ0v) is 14.0. The van der Waals surface area contributed by atoms with E-state index in [0.29, 0.717) is 0 Å². The first-order chi connectivity index (χ1) is 10.0. The molecule has 0 aliphatic carbocycles. The summed E-state index contributed by atoms with van der Waals surface area (Å²) in [4.78, 5) is 9.58. The van der Waals surface area contributed by atoms with E-state index < -0.39 is 0 Å². The van der Waals surface area contributed by atoms with E-state index in [9.17, 15) is 0 Å². The molecule has 2 heterocycles. The van der Waals surface area contributed by atoms with Gasteiger partial charge in [-0.15, -0.1) is 0 Å². The van der Waals surface area contributed by atoms with Crippen LogP contribution in [0.3, 0.4) is 0 Å². The van der Waals surface area contributed by atoms with Crippen LogP contribution in [0.1, 0.15) is 39.7 Å². The van der Waals surface area contributed by atoms with Crippen LogP contribution >= 0.6 is 0 Å². The van der Waals surface area contributed by atoms with Crippen molar-refractivity contribution in [1.82, 2.24) is 15.2 Å². The van der Waals surface area contributed by atoms with Crippen LogP contribution in [0.25, 0.3) is 0 Å². The standard InChI is InChI=1S/C17H30N4/c1-5-8-18-13-15-6-7-16(19-14-15)20-9-11-21(12-10-20)17(2,3)4/h6-7,14,18H,5,8-13H2,1-4H3. The Labute approximate surface area is 129 Å². The van der Waals surface area contributed by atoms with Gasteiger partial charge in [-0.1, -0.05) is 13.0 Å². The van der Waals surface area contributed by atoms with Crippen LogP contribution in [-0.4, -0.2) is 48.1 Å². The predicted molar refractivity (Wildman–Crippen MR) is 89.8 cm³/mol. The van der Waals surface area contributed by atoms with Crippen LogP contribution in [0.5, 0.6) is 0 Å². The number of pyridine rings is 1. The lowest BCUT2D eigenvalue weighted by Crippen LogP contribution is -2.53. The lowest BCUT2D eigenvalue weighted by atomic mass is 10.0. The van der Waals surface area contributed by atoms with E-state index in [1.54, 1.807) is 0 Å². The fraction of sp³-hybridized carbons (Fsp3) is 0.706. The minimum absolute atomic E-state index is 0.272. The maximum absolute atomic E-state index is 4.64. The molecule has 0 radical (unpaired) electrons. The number of nitrogens with one attached hydrogen (secondary N) is 1. The first-order valence-electron chi connectivity index (χ1n) is 8.16. The summed E-state index contributed by atoms with van der Waals surface area (Å²) in [6.07, 6.45) is 3.18. The normalized spacial score (nSPS) is 17.2. The fourth-order valence-electron chi connectivity index (χ4n) is 2.72. The number of anilines is 1. The van der Waals surface area contributed by atoms with Crippen molar-refractivity contribution in [2.45, 2.75) is 46.2 Å². The van der Waals surface area contributed by atoms with Crippen LogP contribution in [0.2, 0.25) is 0 Å². The molecule has 0 amide bonds. The summed E-state index contributed by atoms with van der Waals surface area (Å²) < 4.78 is 0. The predicted octanol–water partition coefficient (Wildman–Crippen LogP) is 2.50. The lowest BCUT2D eigenvalue weighted by molar-refractivity contribution is 0.128. The molecule has 0 atom stereocenters. The number of nitrogens with zero attached hydrogens (tertiary/aromatic N) is 3. The van der Waals surface area contributed by atoms with Gasteiger partial charge in [0, 0.05) is 44.5 Å². The average Bonchev–Trinajstić information content (AvgIpc) is 2.48. The summed E-state index contributed by atoms with van der Waals surface area (Å²) in [6.45, 7) is 15.4. The van der Waals surface area contributed by atoms with Gasteiger partial charge in [0.05, 0.1) is 0 Å². The van der Waals surface area contributed by atoms with Gasteiger partial charge in [0.15, 0.2) is 0 Å². The molecule has 1 aliphatic heterocycles. The molecular formula is C17H30N4. The molecule has 0 saturated carbocycles. The van der Waals surface area contributed by atoms with E-state index in [-0.39, 0.29) is 5.54 Å². The highest BCUT2D eigenvalue weighted by atomic mass is 15.3. The highest BCUT2D eigenvalue weighted by Crippen LogP contribution is 2.19. The van der Waals surface area contributed by atoms with Crippen molar-refractivity contribution in [2.24, 2.45) is 0 Å². The fourth-order valence-corrected chi connectivity index (χ4v) is 2.72. The van der Waals surface area contributed by atoms with Crippen molar-refractivity contribution in [3.8, 4) is 0 Å². The molecule has 0 bridgehead atoms. The minimum Gasteiger partial charge on any atom is -0.354 e. The van der Waals surface area contributed by atoms with Gasteiger partial charge >= 0.3 is 0 Å². The Morgan fingerprint density at radius 3 is 2.38 bits per heavy atom. The Hall–Kier alpha value is -1.13. The maximum atomic E-state index is 4.64. The van der Waals surface area contributed by atoms with Gasteiger partial charge in [0.25, 0.3) is 0 Å². The second-order valence-corrected chi connectivity index (χ2v) is 6.85. The van der Waals surface area contributed by atoms with Crippen molar-refractivity contribution in [3.63, 3.8) is 0 Å². The number of hydrogen-bond donors (Lipinski definition) is 1. The van der Waals surface area contributed by atoms with E-state index in [1.807, 2.05) is 6.20 Å². The van der Waals surface area contributed by atoms with Gasteiger partial charge in [-0.3, -0.25) is 4.90 Å². The average molecular weight is 290 g/mol. The van der Waals surface area contributed by atoms with E-state index in [2.05, 4.69) is 59.9 Å². The van der Waals surface area contributed by atoms with Crippen LogP contribution in [-0.2, 0) is 6.54 Å². The number of rotatable bonds is 5. The van der Waals surface area contributed by atoms with Crippen molar-refractivity contribution < 1.29 is 0 Å². The number of piperazine rings is 1. The summed E-state index contributed by atoms with van der Waals surface area (Å²) in [6, 6.07) is 4.36. The molecule has 1 aromatic rings. The first-order valence-corrected chi connectivity index (χ1v) is 8.16. The highest BCUT2D eigenvalue weighted by molar-refractivity contribution is 5.40. The summed E-state index contributed by atoms with van der Waals surface area (Å²) in [5.74, 6) is 1.11. The summed E-state index contributed by atoms with van der Waals surface area (Å²) >= 11 is 0. The molecule has 1 N–H and O–H groups in total. The summed E-state index contributed by atoms with van der Waals surface area (Å²) in [5, 5.41) is 3.41. The van der Waals surface area contributed by atoms with E-state index in [0.717, 1.165) is 45.1 Å². The zero-order chi connectivity index (χ0) is 15.3. The Bertz CT molecular complexity index is 413. The van der Waals surface area contributed by atoms with Gasteiger partial charge in [-0.05, 0) is 45.4 Å². The molecule has 4 heteroatoms. The molecule has 21 heavy (non-hydrogen) atoms. The van der Waals surface area contributed by atoms with Crippen molar-refractivity contribution in [2.75, 3.05) is 37.6 Å². The molecule has 1 saturated heterocycles. The third kappa shape index (κ3) is 4.68. The van der Waals surface area contributed by atoms with Gasteiger partial charge in [0.1, 0.15) is 5.82 Å². The summed E-state index contributed by atoms with van der Waals surface area (Å²) in [7, 11) is 0. The quantitative estimate of drug-likeness (QED) is 0.844. The lowest BCUT2D eigenvalue weighted by Gasteiger charge is -2.42. The highest BCUT2D eigenvalue weighted by Gasteiger charge is 2.26. The first kappa shape index (κ1) is 16.2. The van der Waals surface area contributed by atoms with Gasteiger partial charge in [0.2, 0.25) is 0 Å². The van der Waals surface area contributed by atoms with E-state index in [1.165, 1.54) is 12.0 Å². The molecule has 2 rings (SSSR count). The number of aromatic nitrogens is 1. The zero-order valence-electron chi connectivity index (χ0n) is 14.0. The molecule has 0 unspecified atom stereocenters. The van der Waals surface area contributed by atoms with Crippen molar-refractivity contribution >= 4 is 5.82 Å². The van der Waals surface area contributed by atoms with Gasteiger partial charge in [-0.2, -0.15) is 0 Å². The molecule has 0 spiro atoms. The third-order valence-electron chi connectivity index (χ3n) is 4.12. The van der Waals surface area contributed by atoms with Crippen LogP contribution in [0.15, 0.2) is 18.3 Å². The molecule has 1 aromatic heterocycles. The SMILES string of the molecule is CCCNCc1ccc(N2CCN(C(C)(C)C)CC2)nc1. The maximum Gasteiger partial charge on any atom is 0.128 e. The molecule has 118 valence electrons. The minimum atomic E-state index is 0.272. The van der Waals surface area contributed by atoms with Gasteiger partial charge < -0.3 is 10.2 Å². The molecule has 0 aromatic carbocycles. The second kappa shape index (κ2) is 7.23. The van der Waals surface area contributed by atoms with Crippen LogP contribution in [0.4, 0.5) is 5.82 Å². The largest absolute Gasteiger partial charge is 0.354 e. The Kier molecular flexibility index (Phi) is 5.59. The topological polar surface area (TPSA) is 31.4 Å². The number of hydrogen-bond acceptors (Lipinski definition) is 4. The monoisotopic (exact) mass is 290 g/mol. The van der Waals surface area contributed by atoms with Crippen LogP contribution in [0, 0.1) is 0 Å². The van der Waals surface area contributed by atoms with E-state index in [4.69, 9.17) is 0 Å². The van der Waals surface area contributed by atoms with Crippen molar-refractivity contribution in [3.05, 3.63) is 23.9 Å². The third-order valence-corrected chi connectivity index (χ3v) is 4.12. The van der Waals surface area contributed by atoms with Gasteiger partial charge in [-0.25, -0.2) is 4.98 Å². The Balaban J connectivity index is 1.86. The second-order valence-electron chi connectivity index (χ2n) is 6.85. The molecule has 1 aliphatic rings. The molecular weight excluding hydrogens is 260 g/mol. The van der Waals surface area contributed by atoms with Crippen LogP contribution < -0.4 is 10.2 Å². The van der Waals surface area contributed by atoms with E-state index >= 15 is 0 Å². The molecule has 4 nitrogen and oxygen atoms in total. The Morgan fingerprint density at radius 1 is 1.14 bits per heavy atom. The summed E-state index contributed by atoms with van der Waals surface area (Å²) in [5.41, 5.74) is 1.54. The smallest absolute Gasteiger partial charge is 0.128 e. The molecule has 1 fully saturated rings.